The van der Waals surface area contributed by atoms with Gasteiger partial charge in [-0.1, -0.05) is 12.8 Å². The lowest BCUT2D eigenvalue weighted by atomic mass is 10.1. The Morgan fingerprint density at radius 2 is 2.17 bits per heavy atom. The number of hydrogen-bond donors (Lipinski definition) is 2. The number of fused-ring (bicyclic) bond motifs is 1. The van der Waals surface area contributed by atoms with E-state index in [1.807, 2.05) is 6.07 Å². The molecule has 0 amide bonds. The molecule has 1 saturated carbocycles. The van der Waals surface area contributed by atoms with Crippen LogP contribution in [0.3, 0.4) is 0 Å². The molecule has 94 valence electrons. The SMILES string of the molecule is O=c1[nH]ccc2c(NCC3CCCC3)ncnc12. The van der Waals surface area contributed by atoms with E-state index in [2.05, 4.69) is 20.3 Å². The van der Waals surface area contributed by atoms with Crippen LogP contribution in [-0.2, 0) is 0 Å². The molecule has 1 fully saturated rings. The highest BCUT2D eigenvalue weighted by atomic mass is 16.1. The molecule has 0 unspecified atom stereocenters. The largest absolute Gasteiger partial charge is 0.369 e. The van der Waals surface area contributed by atoms with Crippen molar-refractivity contribution < 1.29 is 0 Å². The van der Waals surface area contributed by atoms with E-state index in [9.17, 15) is 4.79 Å². The van der Waals surface area contributed by atoms with E-state index in [0.29, 0.717) is 5.52 Å². The van der Waals surface area contributed by atoms with Gasteiger partial charge in [0.15, 0.2) is 0 Å². The van der Waals surface area contributed by atoms with E-state index in [4.69, 9.17) is 0 Å². The lowest BCUT2D eigenvalue weighted by molar-refractivity contribution is 0.579. The molecule has 2 aromatic rings. The lowest BCUT2D eigenvalue weighted by Crippen LogP contribution is -2.14. The van der Waals surface area contributed by atoms with Gasteiger partial charge in [0.05, 0.1) is 0 Å². The molecular weight excluding hydrogens is 228 g/mol. The Hall–Kier alpha value is -1.91. The fourth-order valence-electron chi connectivity index (χ4n) is 2.60. The number of aromatic nitrogens is 3. The van der Waals surface area contributed by atoms with Crippen LogP contribution < -0.4 is 10.9 Å². The maximum Gasteiger partial charge on any atom is 0.274 e. The summed E-state index contributed by atoms with van der Waals surface area (Å²) >= 11 is 0. The third-order valence-corrected chi connectivity index (χ3v) is 3.60. The lowest BCUT2D eigenvalue weighted by Gasteiger charge is -2.12. The molecule has 1 aliphatic rings. The van der Waals surface area contributed by atoms with Gasteiger partial charge in [-0.2, -0.15) is 0 Å². The molecule has 2 N–H and O–H groups in total. The van der Waals surface area contributed by atoms with Gasteiger partial charge in [-0.25, -0.2) is 9.97 Å². The van der Waals surface area contributed by atoms with E-state index in [1.54, 1.807) is 6.20 Å². The minimum absolute atomic E-state index is 0.168. The summed E-state index contributed by atoms with van der Waals surface area (Å²) in [7, 11) is 0. The van der Waals surface area contributed by atoms with Crippen molar-refractivity contribution in [2.75, 3.05) is 11.9 Å². The average molecular weight is 244 g/mol. The zero-order valence-electron chi connectivity index (χ0n) is 10.1. The molecule has 5 heteroatoms. The van der Waals surface area contributed by atoms with Crippen LogP contribution >= 0.6 is 0 Å². The monoisotopic (exact) mass is 244 g/mol. The van der Waals surface area contributed by atoms with Gasteiger partial charge in [-0.05, 0) is 24.8 Å². The molecule has 0 atom stereocenters. The minimum Gasteiger partial charge on any atom is -0.369 e. The number of pyridine rings is 1. The summed E-state index contributed by atoms with van der Waals surface area (Å²) in [6.07, 6.45) is 8.31. The molecule has 5 nitrogen and oxygen atoms in total. The summed E-state index contributed by atoms with van der Waals surface area (Å²) in [5, 5.41) is 4.14. The van der Waals surface area contributed by atoms with Gasteiger partial charge in [0.2, 0.25) is 0 Å². The Morgan fingerprint density at radius 3 is 3.00 bits per heavy atom. The van der Waals surface area contributed by atoms with Crippen LogP contribution in [0.25, 0.3) is 10.9 Å². The second kappa shape index (κ2) is 4.76. The molecule has 0 saturated heterocycles. The van der Waals surface area contributed by atoms with Crippen molar-refractivity contribution in [1.82, 2.24) is 15.0 Å². The number of aromatic amines is 1. The second-order valence-electron chi connectivity index (χ2n) is 4.82. The van der Waals surface area contributed by atoms with E-state index >= 15 is 0 Å². The highest BCUT2D eigenvalue weighted by molar-refractivity contribution is 5.87. The normalized spacial score (nSPS) is 16.2. The molecule has 1 aliphatic carbocycles. The number of anilines is 1. The first-order chi connectivity index (χ1) is 8.84. The summed E-state index contributed by atoms with van der Waals surface area (Å²) in [5.74, 6) is 1.50. The fraction of sp³-hybridized carbons (Fsp3) is 0.462. The maximum absolute atomic E-state index is 11.6. The molecular formula is C13H16N4O. The molecule has 3 rings (SSSR count). The van der Waals surface area contributed by atoms with E-state index in [-0.39, 0.29) is 5.56 Å². The van der Waals surface area contributed by atoms with Crippen LogP contribution in [0.5, 0.6) is 0 Å². The zero-order chi connectivity index (χ0) is 12.4. The van der Waals surface area contributed by atoms with Crippen molar-refractivity contribution in [3.8, 4) is 0 Å². The first-order valence-corrected chi connectivity index (χ1v) is 6.41. The van der Waals surface area contributed by atoms with E-state index < -0.39 is 0 Å². The Balaban J connectivity index is 1.87. The molecule has 0 radical (unpaired) electrons. The number of nitrogens with one attached hydrogen (secondary N) is 2. The van der Waals surface area contributed by atoms with Crippen molar-refractivity contribution >= 4 is 16.7 Å². The van der Waals surface area contributed by atoms with Gasteiger partial charge in [0.1, 0.15) is 17.7 Å². The average Bonchev–Trinajstić information content (AvgIpc) is 2.90. The first-order valence-electron chi connectivity index (χ1n) is 6.41. The van der Waals surface area contributed by atoms with Crippen LogP contribution in [0.2, 0.25) is 0 Å². The summed E-state index contributed by atoms with van der Waals surface area (Å²) in [6.45, 7) is 0.929. The third-order valence-electron chi connectivity index (χ3n) is 3.60. The van der Waals surface area contributed by atoms with Gasteiger partial charge in [0, 0.05) is 18.1 Å². The van der Waals surface area contributed by atoms with Gasteiger partial charge in [0.25, 0.3) is 5.56 Å². The zero-order valence-corrected chi connectivity index (χ0v) is 10.1. The van der Waals surface area contributed by atoms with E-state index in [1.165, 1.54) is 32.0 Å². The Morgan fingerprint density at radius 1 is 1.33 bits per heavy atom. The molecule has 2 aromatic heterocycles. The second-order valence-corrected chi connectivity index (χ2v) is 4.82. The van der Waals surface area contributed by atoms with Crippen LogP contribution in [0.4, 0.5) is 5.82 Å². The molecule has 18 heavy (non-hydrogen) atoms. The molecule has 0 aliphatic heterocycles. The summed E-state index contributed by atoms with van der Waals surface area (Å²) < 4.78 is 0. The number of rotatable bonds is 3. The molecule has 0 spiro atoms. The molecule has 0 aromatic carbocycles. The number of H-pyrrole nitrogens is 1. The highest BCUT2D eigenvalue weighted by Gasteiger charge is 2.15. The fourth-order valence-corrected chi connectivity index (χ4v) is 2.60. The number of nitrogens with zero attached hydrogens (tertiary/aromatic N) is 2. The van der Waals surface area contributed by atoms with Gasteiger partial charge < -0.3 is 10.3 Å². The summed E-state index contributed by atoms with van der Waals surface area (Å²) in [5.41, 5.74) is 0.278. The maximum atomic E-state index is 11.6. The van der Waals surface area contributed by atoms with Crippen molar-refractivity contribution in [3.05, 3.63) is 28.9 Å². The van der Waals surface area contributed by atoms with Crippen LogP contribution in [0, 0.1) is 5.92 Å². The first kappa shape index (κ1) is 11.2. The third kappa shape index (κ3) is 2.08. The molecule has 2 heterocycles. The van der Waals surface area contributed by atoms with Crippen molar-refractivity contribution in [2.24, 2.45) is 5.92 Å². The minimum atomic E-state index is -0.168. The van der Waals surface area contributed by atoms with Crippen LogP contribution in [-0.4, -0.2) is 21.5 Å². The van der Waals surface area contributed by atoms with Crippen LogP contribution in [0.1, 0.15) is 25.7 Å². The quantitative estimate of drug-likeness (QED) is 0.865. The Bertz CT molecular complexity index is 601. The predicted octanol–water partition coefficient (Wildman–Crippen LogP) is 1.92. The van der Waals surface area contributed by atoms with Crippen LogP contribution in [0.15, 0.2) is 23.4 Å². The van der Waals surface area contributed by atoms with Crippen molar-refractivity contribution in [2.45, 2.75) is 25.7 Å². The topological polar surface area (TPSA) is 70.7 Å². The number of hydrogen-bond acceptors (Lipinski definition) is 4. The standard InChI is InChI=1S/C13H16N4O/c18-13-11-10(5-6-14-13)12(17-8-16-11)15-7-9-3-1-2-4-9/h5-6,8-9H,1-4,7H2,(H,14,18)(H,15,16,17). The molecule has 0 bridgehead atoms. The Labute approximate surface area is 105 Å². The van der Waals surface area contributed by atoms with Gasteiger partial charge in [-0.15, -0.1) is 0 Å². The van der Waals surface area contributed by atoms with Gasteiger partial charge in [-0.3, -0.25) is 4.79 Å². The highest BCUT2D eigenvalue weighted by Crippen LogP contribution is 2.25. The van der Waals surface area contributed by atoms with Crippen molar-refractivity contribution in [1.29, 1.82) is 0 Å². The van der Waals surface area contributed by atoms with Gasteiger partial charge >= 0.3 is 0 Å². The predicted molar refractivity (Wildman–Crippen MR) is 70.6 cm³/mol. The van der Waals surface area contributed by atoms with E-state index in [0.717, 1.165) is 23.7 Å². The Kier molecular flexibility index (Phi) is 2.96. The van der Waals surface area contributed by atoms with Crippen molar-refractivity contribution in [3.63, 3.8) is 0 Å². The summed E-state index contributed by atoms with van der Waals surface area (Å²) in [6, 6.07) is 1.84. The smallest absolute Gasteiger partial charge is 0.274 e. The summed E-state index contributed by atoms with van der Waals surface area (Å²) in [4.78, 5) is 22.5.